The molecule has 30 heavy (non-hydrogen) atoms. The van der Waals surface area contributed by atoms with E-state index < -0.39 is 16.1 Å². The highest BCUT2D eigenvalue weighted by Gasteiger charge is 2.39. The summed E-state index contributed by atoms with van der Waals surface area (Å²) in [5.74, 6) is 1.42. The van der Waals surface area contributed by atoms with Crippen molar-refractivity contribution in [2.45, 2.75) is 23.8 Å². The molecule has 0 bridgehead atoms. The number of benzene rings is 2. The molecule has 5 rings (SSSR count). The van der Waals surface area contributed by atoms with E-state index in [0.717, 1.165) is 0 Å². The molecule has 156 valence electrons. The Morgan fingerprint density at radius 3 is 2.67 bits per heavy atom. The predicted octanol–water partition coefficient (Wildman–Crippen LogP) is 2.23. The van der Waals surface area contributed by atoms with Gasteiger partial charge in [0, 0.05) is 19.7 Å². The third-order valence-corrected chi connectivity index (χ3v) is 7.54. The first kappa shape index (κ1) is 19.1. The third-order valence-electron chi connectivity index (χ3n) is 5.64. The summed E-state index contributed by atoms with van der Waals surface area (Å²) in [7, 11) is -2.17. The van der Waals surface area contributed by atoms with Crippen molar-refractivity contribution in [2.75, 3.05) is 19.8 Å². The van der Waals surface area contributed by atoms with Crippen molar-refractivity contribution < 1.29 is 17.9 Å². The van der Waals surface area contributed by atoms with E-state index in [0.29, 0.717) is 60.8 Å². The van der Waals surface area contributed by atoms with Gasteiger partial charge in [0.15, 0.2) is 11.5 Å². The Morgan fingerprint density at radius 2 is 1.83 bits per heavy atom. The van der Waals surface area contributed by atoms with Crippen molar-refractivity contribution in [3.8, 4) is 11.5 Å². The Labute approximate surface area is 173 Å². The van der Waals surface area contributed by atoms with Crippen LogP contribution in [0.3, 0.4) is 0 Å². The lowest BCUT2D eigenvalue weighted by Gasteiger charge is -2.26. The second kappa shape index (κ2) is 7.10. The minimum atomic E-state index is -3.81. The van der Waals surface area contributed by atoms with Crippen LogP contribution in [0.25, 0.3) is 10.9 Å². The Hall–Kier alpha value is -2.91. The zero-order valence-corrected chi connectivity index (χ0v) is 17.3. The quantitative estimate of drug-likeness (QED) is 0.637. The first-order valence-electron chi connectivity index (χ1n) is 9.84. The zero-order chi connectivity index (χ0) is 20.9. The molecule has 8 nitrogen and oxygen atoms in total. The van der Waals surface area contributed by atoms with Gasteiger partial charge in [-0.25, -0.2) is 13.4 Å². The van der Waals surface area contributed by atoms with Crippen LogP contribution in [0.15, 0.2) is 52.2 Å². The van der Waals surface area contributed by atoms with Gasteiger partial charge >= 0.3 is 0 Å². The predicted molar refractivity (Wildman–Crippen MR) is 110 cm³/mol. The minimum Gasteiger partial charge on any atom is -0.486 e. The second-order valence-corrected chi connectivity index (χ2v) is 9.32. The molecule has 0 saturated carbocycles. The van der Waals surface area contributed by atoms with E-state index in [9.17, 15) is 13.2 Å². The maximum absolute atomic E-state index is 13.5. The number of aromatic nitrogens is 2. The lowest BCUT2D eigenvalue weighted by atomic mass is 10.2. The first-order chi connectivity index (χ1) is 14.5. The molecule has 1 aromatic heterocycles. The molecule has 3 aromatic rings. The van der Waals surface area contributed by atoms with Crippen LogP contribution in [-0.4, -0.2) is 42.0 Å². The highest BCUT2D eigenvalue weighted by Crippen LogP contribution is 2.38. The van der Waals surface area contributed by atoms with E-state index in [-0.39, 0.29) is 10.5 Å². The number of ether oxygens (including phenoxy) is 2. The van der Waals surface area contributed by atoms with Crippen LogP contribution in [0.1, 0.15) is 24.7 Å². The number of hydrogen-bond donors (Lipinski definition) is 0. The van der Waals surface area contributed by atoms with E-state index in [1.807, 2.05) is 6.07 Å². The molecular weight excluding hydrogens is 406 g/mol. The molecule has 0 radical (unpaired) electrons. The van der Waals surface area contributed by atoms with Gasteiger partial charge in [-0.3, -0.25) is 9.36 Å². The molecule has 3 heterocycles. The van der Waals surface area contributed by atoms with Crippen molar-refractivity contribution in [3.05, 3.63) is 58.6 Å². The monoisotopic (exact) mass is 427 g/mol. The van der Waals surface area contributed by atoms with Crippen molar-refractivity contribution >= 4 is 20.9 Å². The molecule has 2 aliphatic rings. The summed E-state index contributed by atoms with van der Waals surface area (Å²) in [5, 5.41) is 0.517. The smallest absolute Gasteiger partial charge is 0.261 e. The van der Waals surface area contributed by atoms with Gasteiger partial charge < -0.3 is 9.47 Å². The molecule has 1 saturated heterocycles. The molecule has 0 spiro atoms. The summed E-state index contributed by atoms with van der Waals surface area (Å²) in [6.45, 7) is 1.19. The van der Waals surface area contributed by atoms with Crippen molar-refractivity contribution in [1.82, 2.24) is 13.9 Å². The summed E-state index contributed by atoms with van der Waals surface area (Å²) >= 11 is 0. The molecule has 0 aliphatic carbocycles. The van der Waals surface area contributed by atoms with Gasteiger partial charge in [0.05, 0.1) is 21.8 Å². The minimum absolute atomic E-state index is 0.143. The van der Waals surface area contributed by atoms with E-state index in [1.54, 1.807) is 31.3 Å². The second-order valence-electron chi connectivity index (χ2n) is 7.43. The van der Waals surface area contributed by atoms with E-state index in [1.165, 1.54) is 21.0 Å². The SMILES string of the molecule is Cn1c(C2CCCN2S(=O)(=O)c2ccc3c(c2)OCCO3)nc2ccccc2c1=O. The number of sulfonamides is 1. The van der Waals surface area contributed by atoms with Gasteiger partial charge in [-0.1, -0.05) is 12.1 Å². The Kier molecular flexibility index (Phi) is 4.52. The molecular formula is C21H21N3O5S. The molecule has 2 aliphatic heterocycles. The van der Waals surface area contributed by atoms with Crippen molar-refractivity contribution in [1.29, 1.82) is 0 Å². The van der Waals surface area contributed by atoms with Crippen LogP contribution in [0, 0.1) is 0 Å². The van der Waals surface area contributed by atoms with Crippen LogP contribution in [-0.2, 0) is 17.1 Å². The molecule has 9 heteroatoms. The summed E-state index contributed by atoms with van der Waals surface area (Å²) < 4.78 is 40.9. The zero-order valence-electron chi connectivity index (χ0n) is 16.4. The first-order valence-corrected chi connectivity index (χ1v) is 11.3. The fraction of sp³-hybridized carbons (Fsp3) is 0.333. The number of fused-ring (bicyclic) bond motifs is 2. The lowest BCUT2D eigenvalue weighted by Crippen LogP contribution is -2.35. The van der Waals surface area contributed by atoms with Crippen LogP contribution < -0.4 is 15.0 Å². The maximum Gasteiger partial charge on any atom is 0.261 e. The highest BCUT2D eigenvalue weighted by molar-refractivity contribution is 7.89. The summed E-state index contributed by atoms with van der Waals surface area (Å²) in [5.41, 5.74) is 0.387. The van der Waals surface area contributed by atoms with Gasteiger partial charge in [-0.15, -0.1) is 0 Å². The molecule has 1 atom stereocenters. The van der Waals surface area contributed by atoms with E-state index in [2.05, 4.69) is 4.98 Å². The van der Waals surface area contributed by atoms with Gasteiger partial charge in [-0.05, 0) is 37.1 Å². The highest BCUT2D eigenvalue weighted by atomic mass is 32.2. The largest absolute Gasteiger partial charge is 0.486 e. The van der Waals surface area contributed by atoms with Crippen LogP contribution in [0.5, 0.6) is 11.5 Å². The topological polar surface area (TPSA) is 90.7 Å². The van der Waals surface area contributed by atoms with Gasteiger partial charge in [-0.2, -0.15) is 4.31 Å². The molecule has 0 amide bonds. The van der Waals surface area contributed by atoms with Gasteiger partial charge in [0.25, 0.3) is 5.56 Å². The van der Waals surface area contributed by atoms with Crippen LogP contribution in [0.4, 0.5) is 0 Å². The summed E-state index contributed by atoms with van der Waals surface area (Å²) in [4.78, 5) is 17.6. The van der Waals surface area contributed by atoms with Gasteiger partial charge in [0.2, 0.25) is 10.0 Å². The Morgan fingerprint density at radius 1 is 1.07 bits per heavy atom. The third kappa shape index (κ3) is 2.96. The Bertz CT molecular complexity index is 1300. The summed E-state index contributed by atoms with van der Waals surface area (Å²) in [6, 6.07) is 11.3. The van der Waals surface area contributed by atoms with Crippen molar-refractivity contribution in [3.63, 3.8) is 0 Å². The molecule has 1 unspecified atom stereocenters. The number of hydrogen-bond acceptors (Lipinski definition) is 6. The standard InChI is InChI=1S/C21H21N3O5S/c1-23-20(22-16-6-3-2-5-15(16)21(23)25)17-7-4-10-24(17)30(26,27)14-8-9-18-19(13-14)29-12-11-28-18/h2-3,5-6,8-9,13,17H,4,7,10-12H2,1H3. The van der Waals surface area contributed by atoms with E-state index >= 15 is 0 Å². The van der Waals surface area contributed by atoms with E-state index in [4.69, 9.17) is 9.47 Å². The fourth-order valence-corrected chi connectivity index (χ4v) is 5.81. The Balaban J connectivity index is 1.58. The number of rotatable bonds is 3. The lowest BCUT2D eigenvalue weighted by molar-refractivity contribution is 0.171. The maximum atomic E-state index is 13.5. The average Bonchev–Trinajstić information content (AvgIpc) is 3.26. The van der Waals surface area contributed by atoms with Crippen LogP contribution >= 0.6 is 0 Å². The normalized spacial score (nSPS) is 19.3. The van der Waals surface area contributed by atoms with Gasteiger partial charge in [0.1, 0.15) is 19.0 Å². The summed E-state index contributed by atoms with van der Waals surface area (Å²) in [6.07, 6.45) is 1.29. The fourth-order valence-electron chi connectivity index (χ4n) is 4.14. The number of para-hydroxylation sites is 1. The molecule has 0 N–H and O–H groups in total. The molecule has 1 fully saturated rings. The molecule has 2 aromatic carbocycles. The van der Waals surface area contributed by atoms with Crippen molar-refractivity contribution in [2.24, 2.45) is 7.05 Å². The number of nitrogens with zero attached hydrogens (tertiary/aromatic N) is 3. The average molecular weight is 427 g/mol. The van der Waals surface area contributed by atoms with Crippen LogP contribution in [0.2, 0.25) is 0 Å².